The number of nitrogens with zero attached hydrogens (tertiary/aromatic N) is 3. The first-order chi connectivity index (χ1) is 14.5. The molecule has 1 unspecified atom stereocenters. The summed E-state index contributed by atoms with van der Waals surface area (Å²) in [6.45, 7) is 3.70. The molecule has 1 fully saturated rings. The topological polar surface area (TPSA) is 99.8 Å². The Bertz CT molecular complexity index is 906. The number of hydrogen-bond acceptors (Lipinski definition) is 6. The number of anilines is 1. The Labute approximate surface area is 181 Å². The van der Waals surface area contributed by atoms with E-state index in [0.29, 0.717) is 22.7 Å². The first kappa shape index (κ1) is 22.1. The van der Waals surface area contributed by atoms with Crippen molar-refractivity contribution in [3.05, 3.63) is 64.2 Å². The van der Waals surface area contributed by atoms with Crippen molar-refractivity contribution in [2.24, 2.45) is 0 Å². The van der Waals surface area contributed by atoms with E-state index in [4.69, 9.17) is 22.0 Å². The lowest BCUT2D eigenvalue weighted by atomic mass is 10.1. The van der Waals surface area contributed by atoms with Gasteiger partial charge >= 0.3 is 0 Å². The number of aliphatic hydroxyl groups is 2. The molecule has 0 saturated carbocycles. The number of hydrogen-bond donors (Lipinski definition) is 3. The summed E-state index contributed by atoms with van der Waals surface area (Å²) in [7, 11) is 0. The summed E-state index contributed by atoms with van der Waals surface area (Å²) in [5.41, 5.74) is 2.71. The van der Waals surface area contributed by atoms with Gasteiger partial charge in [0.05, 0.1) is 35.1 Å². The number of benzene rings is 2. The van der Waals surface area contributed by atoms with E-state index < -0.39 is 6.10 Å². The van der Waals surface area contributed by atoms with Crippen LogP contribution in [0.3, 0.4) is 0 Å². The Morgan fingerprint density at radius 3 is 2.47 bits per heavy atom. The number of rotatable bonds is 7. The number of amides is 1. The number of piperazine rings is 1. The van der Waals surface area contributed by atoms with Gasteiger partial charge in [0.25, 0.3) is 5.91 Å². The first-order valence-electron chi connectivity index (χ1n) is 9.86. The molecule has 8 heteroatoms. The van der Waals surface area contributed by atoms with Gasteiger partial charge in [0, 0.05) is 44.8 Å². The average molecular weight is 429 g/mol. The maximum atomic E-state index is 12.0. The molecule has 1 heterocycles. The van der Waals surface area contributed by atoms with Crippen LogP contribution in [0.4, 0.5) is 5.69 Å². The van der Waals surface area contributed by atoms with Crippen LogP contribution >= 0.6 is 11.6 Å². The second kappa shape index (κ2) is 10.4. The van der Waals surface area contributed by atoms with Crippen LogP contribution in [0.2, 0.25) is 5.02 Å². The van der Waals surface area contributed by atoms with Crippen LogP contribution < -0.4 is 10.2 Å². The number of nitrogens with one attached hydrogen (secondary N) is 1. The third kappa shape index (κ3) is 5.49. The molecule has 1 aliphatic rings. The van der Waals surface area contributed by atoms with Crippen molar-refractivity contribution >= 4 is 23.2 Å². The molecule has 2 aromatic rings. The van der Waals surface area contributed by atoms with Crippen molar-refractivity contribution in [3.8, 4) is 6.07 Å². The molecule has 0 radical (unpaired) electrons. The van der Waals surface area contributed by atoms with Crippen molar-refractivity contribution in [2.75, 3.05) is 50.8 Å². The average Bonchev–Trinajstić information content (AvgIpc) is 2.78. The van der Waals surface area contributed by atoms with Gasteiger partial charge in [0.1, 0.15) is 0 Å². The van der Waals surface area contributed by atoms with E-state index in [1.807, 2.05) is 6.07 Å². The van der Waals surface area contributed by atoms with Gasteiger partial charge in [-0.3, -0.25) is 9.69 Å². The SMILES string of the molecule is N#Cc1ccc(C(O)CN2CCN(c3ccc(C(=O)NCCO)cc3Cl)CC2)cc1. The molecule has 0 bridgehead atoms. The van der Waals surface area contributed by atoms with E-state index in [1.54, 1.807) is 36.4 Å². The molecule has 3 rings (SSSR count). The predicted molar refractivity (Wildman–Crippen MR) is 116 cm³/mol. The first-order valence-corrected chi connectivity index (χ1v) is 10.2. The Morgan fingerprint density at radius 2 is 1.87 bits per heavy atom. The van der Waals surface area contributed by atoms with Crippen LogP contribution in [0.25, 0.3) is 0 Å². The zero-order valence-electron chi connectivity index (χ0n) is 16.6. The molecule has 1 aliphatic heterocycles. The number of nitriles is 1. The number of β-amino-alcohol motifs (C(OH)–C–C–N with tert-alkyl or cyclic N) is 1. The molecule has 1 saturated heterocycles. The summed E-state index contributed by atoms with van der Waals surface area (Å²) in [5, 5.41) is 31.3. The fourth-order valence-electron chi connectivity index (χ4n) is 3.48. The highest BCUT2D eigenvalue weighted by atomic mass is 35.5. The Balaban J connectivity index is 1.54. The zero-order valence-corrected chi connectivity index (χ0v) is 17.3. The van der Waals surface area contributed by atoms with Gasteiger partial charge < -0.3 is 20.4 Å². The minimum atomic E-state index is -0.607. The molecule has 1 atom stereocenters. The normalized spacial score (nSPS) is 15.5. The minimum absolute atomic E-state index is 0.109. The molecule has 0 aliphatic carbocycles. The van der Waals surface area contributed by atoms with Gasteiger partial charge in [-0.25, -0.2) is 0 Å². The van der Waals surface area contributed by atoms with Gasteiger partial charge in [-0.15, -0.1) is 0 Å². The number of carbonyl (C=O) groups excluding carboxylic acids is 1. The summed E-state index contributed by atoms with van der Waals surface area (Å²) in [5.74, 6) is -0.265. The molecule has 30 heavy (non-hydrogen) atoms. The molecule has 0 spiro atoms. The third-order valence-electron chi connectivity index (χ3n) is 5.18. The minimum Gasteiger partial charge on any atom is -0.395 e. The van der Waals surface area contributed by atoms with Crippen molar-refractivity contribution < 1.29 is 15.0 Å². The molecular formula is C22H25ClN4O3. The highest BCUT2D eigenvalue weighted by molar-refractivity contribution is 6.33. The summed E-state index contributed by atoms with van der Waals surface area (Å²) in [4.78, 5) is 16.4. The smallest absolute Gasteiger partial charge is 0.251 e. The van der Waals surface area contributed by atoms with Gasteiger partial charge in [-0.1, -0.05) is 23.7 Å². The van der Waals surface area contributed by atoms with Crippen LogP contribution in [0.5, 0.6) is 0 Å². The maximum Gasteiger partial charge on any atom is 0.251 e. The standard InChI is InChI=1S/C22H25ClN4O3/c23-19-13-18(22(30)25-7-12-28)5-6-20(19)27-10-8-26(9-11-27)15-21(29)17-3-1-16(14-24)2-4-17/h1-6,13,21,28-29H,7-12,15H2,(H,25,30). The lowest BCUT2D eigenvalue weighted by Crippen LogP contribution is -2.47. The largest absolute Gasteiger partial charge is 0.395 e. The maximum absolute atomic E-state index is 12.0. The molecule has 158 valence electrons. The van der Waals surface area contributed by atoms with Gasteiger partial charge in [0.15, 0.2) is 0 Å². The van der Waals surface area contributed by atoms with Crippen molar-refractivity contribution in [2.45, 2.75) is 6.10 Å². The van der Waals surface area contributed by atoms with Gasteiger partial charge in [-0.2, -0.15) is 5.26 Å². The summed E-state index contributed by atoms with van der Waals surface area (Å²) in [6.07, 6.45) is -0.607. The zero-order chi connectivity index (χ0) is 21.5. The molecule has 1 amide bonds. The Morgan fingerprint density at radius 1 is 1.17 bits per heavy atom. The number of carbonyl (C=O) groups is 1. The Hall–Kier alpha value is -2.63. The summed E-state index contributed by atoms with van der Waals surface area (Å²) < 4.78 is 0. The quantitative estimate of drug-likeness (QED) is 0.621. The Kier molecular flexibility index (Phi) is 7.66. The van der Waals surface area contributed by atoms with E-state index in [1.165, 1.54) is 0 Å². The number of halogens is 1. The lowest BCUT2D eigenvalue weighted by Gasteiger charge is -2.37. The fraction of sp³-hybridized carbons (Fsp3) is 0.364. The summed E-state index contributed by atoms with van der Waals surface area (Å²) >= 11 is 6.42. The molecule has 3 N–H and O–H groups in total. The fourth-order valence-corrected chi connectivity index (χ4v) is 3.78. The lowest BCUT2D eigenvalue weighted by molar-refractivity contribution is 0.0944. The van der Waals surface area contributed by atoms with Gasteiger partial charge in [0.2, 0.25) is 0 Å². The monoisotopic (exact) mass is 428 g/mol. The highest BCUT2D eigenvalue weighted by Crippen LogP contribution is 2.28. The van der Waals surface area contributed by atoms with E-state index in [0.717, 1.165) is 37.4 Å². The van der Waals surface area contributed by atoms with Crippen molar-refractivity contribution in [1.82, 2.24) is 10.2 Å². The van der Waals surface area contributed by atoms with Crippen LogP contribution in [-0.4, -0.2) is 66.9 Å². The van der Waals surface area contributed by atoms with Gasteiger partial charge in [-0.05, 0) is 35.9 Å². The predicted octanol–water partition coefficient (Wildman–Crippen LogP) is 1.79. The van der Waals surface area contributed by atoms with E-state index in [9.17, 15) is 9.90 Å². The van der Waals surface area contributed by atoms with E-state index in [2.05, 4.69) is 21.2 Å². The second-order valence-corrected chi connectivity index (χ2v) is 7.59. The summed E-state index contributed by atoms with van der Waals surface area (Å²) in [6, 6.07) is 14.3. The highest BCUT2D eigenvalue weighted by Gasteiger charge is 2.22. The van der Waals surface area contributed by atoms with E-state index in [-0.39, 0.29) is 19.1 Å². The molecule has 0 aromatic heterocycles. The second-order valence-electron chi connectivity index (χ2n) is 7.18. The number of aliphatic hydroxyl groups excluding tert-OH is 2. The van der Waals surface area contributed by atoms with E-state index >= 15 is 0 Å². The van der Waals surface area contributed by atoms with Crippen LogP contribution in [0.1, 0.15) is 27.6 Å². The molecule has 2 aromatic carbocycles. The third-order valence-corrected chi connectivity index (χ3v) is 5.48. The van der Waals surface area contributed by atoms with Crippen LogP contribution in [0.15, 0.2) is 42.5 Å². The van der Waals surface area contributed by atoms with Crippen molar-refractivity contribution in [1.29, 1.82) is 5.26 Å². The molecule has 7 nitrogen and oxygen atoms in total. The van der Waals surface area contributed by atoms with Crippen molar-refractivity contribution in [3.63, 3.8) is 0 Å². The van der Waals surface area contributed by atoms with Crippen LogP contribution in [-0.2, 0) is 0 Å². The van der Waals surface area contributed by atoms with Crippen LogP contribution in [0, 0.1) is 11.3 Å². The molecular weight excluding hydrogens is 404 g/mol.